The molecule has 0 unspecified atom stereocenters. The average molecular weight is 339 g/mol. The fourth-order valence-corrected chi connectivity index (χ4v) is 3.23. The monoisotopic (exact) mass is 339 g/mol. The van der Waals surface area contributed by atoms with Gasteiger partial charge in [-0.25, -0.2) is 0 Å². The Balaban J connectivity index is 1.50. The standard InChI is InChI=1S/C19H21N3OS/c1-2-4-15-6-8-16(9-7-15)19(23)20-11-13-22-12-10-17(21-22)18-5-3-14-24-18/h3,5-10,12,14H,2,4,11,13H2,1H3,(H,20,23). The number of carbonyl (C=O) groups is 1. The van der Waals surface area contributed by atoms with E-state index in [1.807, 2.05) is 52.7 Å². The minimum atomic E-state index is -0.0383. The van der Waals surface area contributed by atoms with Gasteiger partial charge in [-0.2, -0.15) is 5.10 Å². The van der Waals surface area contributed by atoms with Crippen molar-refractivity contribution < 1.29 is 4.79 Å². The topological polar surface area (TPSA) is 46.9 Å². The van der Waals surface area contributed by atoms with Gasteiger partial charge >= 0.3 is 0 Å². The minimum absolute atomic E-state index is 0.0383. The van der Waals surface area contributed by atoms with Crippen molar-refractivity contribution >= 4 is 17.2 Å². The molecule has 3 rings (SSSR count). The largest absolute Gasteiger partial charge is 0.350 e. The van der Waals surface area contributed by atoms with Gasteiger partial charge in [0.15, 0.2) is 0 Å². The normalized spacial score (nSPS) is 10.7. The van der Waals surface area contributed by atoms with Crippen molar-refractivity contribution in [2.75, 3.05) is 6.54 Å². The van der Waals surface area contributed by atoms with Gasteiger partial charge < -0.3 is 5.32 Å². The van der Waals surface area contributed by atoms with E-state index < -0.39 is 0 Å². The number of rotatable bonds is 7. The second-order valence-corrected chi connectivity index (χ2v) is 6.59. The first kappa shape index (κ1) is 16.5. The molecule has 0 bridgehead atoms. The van der Waals surface area contributed by atoms with E-state index in [1.165, 1.54) is 5.56 Å². The first-order valence-electron chi connectivity index (χ1n) is 8.20. The molecule has 0 spiro atoms. The summed E-state index contributed by atoms with van der Waals surface area (Å²) in [6.07, 6.45) is 4.11. The number of carbonyl (C=O) groups excluding carboxylic acids is 1. The Morgan fingerprint density at radius 2 is 2.04 bits per heavy atom. The summed E-state index contributed by atoms with van der Waals surface area (Å²) < 4.78 is 1.86. The van der Waals surface area contributed by atoms with Gasteiger partial charge in [-0.1, -0.05) is 31.5 Å². The lowest BCUT2D eigenvalue weighted by atomic mass is 10.1. The average Bonchev–Trinajstić information content (AvgIpc) is 3.27. The van der Waals surface area contributed by atoms with E-state index >= 15 is 0 Å². The number of amides is 1. The highest BCUT2D eigenvalue weighted by Gasteiger charge is 2.06. The molecule has 0 saturated carbocycles. The van der Waals surface area contributed by atoms with E-state index in [-0.39, 0.29) is 5.91 Å². The summed E-state index contributed by atoms with van der Waals surface area (Å²) in [5.74, 6) is -0.0383. The first-order chi connectivity index (χ1) is 11.8. The SMILES string of the molecule is CCCc1ccc(C(=O)NCCn2ccc(-c3cccs3)n2)cc1. The third-order valence-corrected chi connectivity index (χ3v) is 4.69. The van der Waals surface area contributed by atoms with Crippen LogP contribution in [0.25, 0.3) is 10.6 Å². The molecule has 3 aromatic rings. The molecular weight excluding hydrogens is 318 g/mol. The van der Waals surface area contributed by atoms with E-state index in [4.69, 9.17) is 0 Å². The fourth-order valence-electron chi connectivity index (χ4n) is 2.54. The smallest absolute Gasteiger partial charge is 0.251 e. The van der Waals surface area contributed by atoms with Gasteiger partial charge in [-0.05, 0) is 41.6 Å². The highest BCUT2D eigenvalue weighted by Crippen LogP contribution is 2.22. The van der Waals surface area contributed by atoms with Crippen molar-refractivity contribution in [2.45, 2.75) is 26.3 Å². The van der Waals surface area contributed by atoms with Crippen LogP contribution in [0.4, 0.5) is 0 Å². The zero-order valence-corrected chi connectivity index (χ0v) is 14.6. The molecule has 124 valence electrons. The van der Waals surface area contributed by atoms with E-state index in [0.717, 1.165) is 23.4 Å². The van der Waals surface area contributed by atoms with Gasteiger partial charge in [0, 0.05) is 18.3 Å². The minimum Gasteiger partial charge on any atom is -0.350 e. The summed E-state index contributed by atoms with van der Waals surface area (Å²) in [5, 5.41) is 9.52. The lowest BCUT2D eigenvalue weighted by molar-refractivity contribution is 0.0952. The summed E-state index contributed by atoms with van der Waals surface area (Å²) in [5.41, 5.74) is 2.95. The quantitative estimate of drug-likeness (QED) is 0.707. The van der Waals surface area contributed by atoms with Crippen LogP contribution < -0.4 is 5.32 Å². The van der Waals surface area contributed by atoms with E-state index in [0.29, 0.717) is 18.7 Å². The lowest BCUT2D eigenvalue weighted by Crippen LogP contribution is -2.27. The predicted molar refractivity (Wildman–Crippen MR) is 98.3 cm³/mol. The summed E-state index contributed by atoms with van der Waals surface area (Å²) in [6, 6.07) is 13.9. The number of benzene rings is 1. The third kappa shape index (κ3) is 4.11. The van der Waals surface area contributed by atoms with Crippen LogP contribution in [-0.4, -0.2) is 22.2 Å². The Bertz CT molecular complexity index is 775. The Morgan fingerprint density at radius 3 is 2.75 bits per heavy atom. The number of nitrogens with zero attached hydrogens (tertiary/aromatic N) is 2. The van der Waals surface area contributed by atoms with Crippen LogP contribution in [0.1, 0.15) is 29.3 Å². The van der Waals surface area contributed by atoms with Gasteiger partial charge in [-0.15, -0.1) is 11.3 Å². The molecule has 1 amide bonds. The Hall–Kier alpha value is -2.40. The number of nitrogens with one attached hydrogen (secondary N) is 1. The maximum atomic E-state index is 12.2. The lowest BCUT2D eigenvalue weighted by Gasteiger charge is -2.06. The second kappa shape index (κ2) is 7.93. The molecule has 0 aliphatic carbocycles. The molecule has 24 heavy (non-hydrogen) atoms. The molecule has 2 aromatic heterocycles. The number of thiophene rings is 1. The molecular formula is C19H21N3OS. The summed E-state index contributed by atoms with van der Waals surface area (Å²) in [7, 11) is 0. The van der Waals surface area contributed by atoms with Crippen LogP contribution >= 0.6 is 11.3 Å². The highest BCUT2D eigenvalue weighted by atomic mass is 32.1. The number of aryl methyl sites for hydroxylation is 1. The van der Waals surface area contributed by atoms with Gasteiger partial charge in [-0.3, -0.25) is 9.48 Å². The van der Waals surface area contributed by atoms with Crippen molar-refractivity contribution in [1.29, 1.82) is 0 Å². The molecule has 4 nitrogen and oxygen atoms in total. The Kier molecular flexibility index (Phi) is 5.43. The van der Waals surface area contributed by atoms with Crippen LogP contribution in [0.2, 0.25) is 0 Å². The molecule has 1 aromatic carbocycles. The number of hydrogen-bond acceptors (Lipinski definition) is 3. The highest BCUT2D eigenvalue weighted by molar-refractivity contribution is 7.13. The van der Waals surface area contributed by atoms with E-state index in [9.17, 15) is 4.79 Å². The Labute approximate surface area is 146 Å². The molecule has 2 heterocycles. The van der Waals surface area contributed by atoms with Crippen LogP contribution in [-0.2, 0) is 13.0 Å². The maximum absolute atomic E-state index is 12.2. The molecule has 0 saturated heterocycles. The fraction of sp³-hybridized carbons (Fsp3) is 0.263. The molecule has 5 heteroatoms. The maximum Gasteiger partial charge on any atom is 0.251 e. The first-order valence-corrected chi connectivity index (χ1v) is 9.08. The molecule has 0 atom stereocenters. The summed E-state index contributed by atoms with van der Waals surface area (Å²) in [4.78, 5) is 13.3. The van der Waals surface area contributed by atoms with Gasteiger partial charge in [0.25, 0.3) is 5.91 Å². The van der Waals surface area contributed by atoms with Crippen LogP contribution in [0.3, 0.4) is 0 Å². The molecule has 0 radical (unpaired) electrons. The van der Waals surface area contributed by atoms with Crippen LogP contribution in [0, 0.1) is 0 Å². The third-order valence-electron chi connectivity index (χ3n) is 3.80. The van der Waals surface area contributed by atoms with Gasteiger partial charge in [0.05, 0.1) is 11.4 Å². The predicted octanol–water partition coefficient (Wildman–Crippen LogP) is 3.99. The summed E-state index contributed by atoms with van der Waals surface area (Å²) in [6.45, 7) is 3.37. The van der Waals surface area contributed by atoms with Crippen LogP contribution in [0.5, 0.6) is 0 Å². The van der Waals surface area contributed by atoms with Gasteiger partial charge in [0.2, 0.25) is 0 Å². The van der Waals surface area contributed by atoms with Crippen LogP contribution in [0.15, 0.2) is 54.0 Å². The van der Waals surface area contributed by atoms with Crippen molar-refractivity contribution in [3.63, 3.8) is 0 Å². The zero-order valence-electron chi connectivity index (χ0n) is 13.7. The molecule has 0 aliphatic rings. The zero-order chi connectivity index (χ0) is 16.8. The Morgan fingerprint density at radius 1 is 1.21 bits per heavy atom. The van der Waals surface area contributed by atoms with E-state index in [1.54, 1.807) is 11.3 Å². The van der Waals surface area contributed by atoms with Crippen molar-refractivity contribution in [3.05, 3.63) is 65.2 Å². The van der Waals surface area contributed by atoms with Crippen molar-refractivity contribution in [2.24, 2.45) is 0 Å². The number of aromatic nitrogens is 2. The summed E-state index contributed by atoms with van der Waals surface area (Å²) >= 11 is 1.67. The van der Waals surface area contributed by atoms with Crippen molar-refractivity contribution in [3.8, 4) is 10.6 Å². The molecule has 0 fully saturated rings. The molecule has 1 N–H and O–H groups in total. The van der Waals surface area contributed by atoms with Crippen molar-refractivity contribution in [1.82, 2.24) is 15.1 Å². The van der Waals surface area contributed by atoms with E-state index in [2.05, 4.69) is 23.4 Å². The van der Waals surface area contributed by atoms with Gasteiger partial charge in [0.1, 0.15) is 5.69 Å². The second-order valence-electron chi connectivity index (χ2n) is 5.64. The number of hydrogen-bond donors (Lipinski definition) is 1. The molecule has 0 aliphatic heterocycles.